The van der Waals surface area contributed by atoms with Crippen molar-refractivity contribution >= 4 is 32.6 Å². The van der Waals surface area contributed by atoms with Crippen molar-refractivity contribution in [1.82, 2.24) is 14.8 Å². The number of fused-ring (bicyclic) bond motifs is 1. The van der Waals surface area contributed by atoms with E-state index in [9.17, 15) is 13.6 Å². The van der Waals surface area contributed by atoms with Crippen LogP contribution < -0.4 is 4.90 Å². The topological polar surface area (TPSA) is 51.0 Å². The number of anilines is 1. The third kappa shape index (κ3) is 4.00. The van der Waals surface area contributed by atoms with E-state index in [2.05, 4.69) is 10.1 Å². The summed E-state index contributed by atoms with van der Waals surface area (Å²) in [4.78, 5) is 18.8. The van der Waals surface area contributed by atoms with Crippen LogP contribution in [0.3, 0.4) is 0 Å². The molecule has 0 N–H and O–H groups in total. The molecule has 27 heavy (non-hydrogen) atoms. The Labute approximate surface area is 160 Å². The van der Waals surface area contributed by atoms with Crippen LogP contribution in [-0.4, -0.2) is 27.2 Å². The van der Waals surface area contributed by atoms with Crippen LogP contribution >= 0.6 is 11.3 Å². The maximum atomic E-state index is 14.1. The van der Waals surface area contributed by atoms with E-state index in [0.717, 1.165) is 28.8 Å². The number of nitrogens with zero attached hydrogens (tertiary/aromatic N) is 4. The third-order valence-corrected chi connectivity index (χ3v) is 5.18. The second kappa shape index (κ2) is 6.99. The van der Waals surface area contributed by atoms with Gasteiger partial charge in [0.15, 0.2) is 10.9 Å². The summed E-state index contributed by atoms with van der Waals surface area (Å²) in [5.74, 6) is -1.52. The second-order valence-corrected chi connectivity index (χ2v) is 8.60. The molecular weight excluding hydrogens is 370 g/mol. The highest BCUT2D eigenvalue weighted by Gasteiger charge is 2.30. The molecular formula is C19H22F2N4OS. The van der Waals surface area contributed by atoms with Crippen LogP contribution in [0.4, 0.5) is 13.9 Å². The first-order valence-electron chi connectivity index (χ1n) is 8.65. The van der Waals surface area contributed by atoms with E-state index in [0.29, 0.717) is 22.9 Å². The Morgan fingerprint density at radius 3 is 2.52 bits per heavy atom. The first kappa shape index (κ1) is 19.4. The van der Waals surface area contributed by atoms with Gasteiger partial charge in [-0.3, -0.25) is 14.4 Å². The van der Waals surface area contributed by atoms with E-state index in [1.165, 1.54) is 6.07 Å². The van der Waals surface area contributed by atoms with Crippen molar-refractivity contribution in [2.75, 3.05) is 11.4 Å². The zero-order chi connectivity index (χ0) is 19.9. The molecule has 144 valence electrons. The van der Waals surface area contributed by atoms with Gasteiger partial charge in [0.1, 0.15) is 11.3 Å². The number of carbonyl (C=O) groups is 1. The van der Waals surface area contributed by atoms with Crippen molar-refractivity contribution in [1.29, 1.82) is 0 Å². The van der Waals surface area contributed by atoms with Crippen molar-refractivity contribution < 1.29 is 13.6 Å². The van der Waals surface area contributed by atoms with Gasteiger partial charge in [-0.1, -0.05) is 32.1 Å². The highest BCUT2D eigenvalue weighted by atomic mass is 32.1. The predicted molar refractivity (Wildman–Crippen MR) is 103 cm³/mol. The van der Waals surface area contributed by atoms with E-state index in [1.807, 2.05) is 45.4 Å². The lowest BCUT2D eigenvalue weighted by molar-refractivity contribution is -0.125. The van der Waals surface area contributed by atoms with Crippen LogP contribution in [-0.2, 0) is 11.3 Å². The quantitative estimate of drug-likeness (QED) is 0.658. The zero-order valence-electron chi connectivity index (χ0n) is 16.0. The molecule has 0 aliphatic rings. The monoisotopic (exact) mass is 392 g/mol. The molecule has 0 atom stereocenters. The van der Waals surface area contributed by atoms with Gasteiger partial charge in [-0.15, -0.1) is 0 Å². The molecule has 8 heteroatoms. The summed E-state index contributed by atoms with van der Waals surface area (Å²) in [5.41, 5.74) is 1.33. The van der Waals surface area contributed by atoms with Crippen molar-refractivity contribution in [3.05, 3.63) is 41.2 Å². The number of aromatic nitrogens is 3. The van der Waals surface area contributed by atoms with Gasteiger partial charge in [0, 0.05) is 23.7 Å². The van der Waals surface area contributed by atoms with Crippen LogP contribution in [0.25, 0.3) is 10.2 Å². The molecule has 1 amide bonds. The Hall–Kier alpha value is -2.35. The fourth-order valence-electron chi connectivity index (χ4n) is 2.85. The largest absolute Gasteiger partial charge is 0.286 e. The normalized spacial score (nSPS) is 12.0. The molecule has 2 heterocycles. The van der Waals surface area contributed by atoms with Crippen molar-refractivity contribution in [2.45, 2.75) is 41.2 Å². The second-order valence-electron chi connectivity index (χ2n) is 7.59. The molecule has 0 radical (unpaired) electrons. The molecule has 5 nitrogen and oxygen atoms in total. The average Bonchev–Trinajstić information content (AvgIpc) is 3.09. The standard InChI is InChI=1S/C19H22F2N4OS/c1-11-8-12(2)25(23-11)7-6-24(17(26)19(3,4)5)18-22-16-14(21)9-13(20)10-15(16)27-18/h8-10H,6-7H2,1-5H3. The molecule has 0 aliphatic carbocycles. The zero-order valence-corrected chi connectivity index (χ0v) is 16.8. The van der Waals surface area contributed by atoms with Crippen LogP contribution in [0, 0.1) is 30.9 Å². The van der Waals surface area contributed by atoms with Gasteiger partial charge in [0.25, 0.3) is 0 Å². The summed E-state index contributed by atoms with van der Waals surface area (Å²) in [7, 11) is 0. The smallest absolute Gasteiger partial charge is 0.234 e. The Morgan fingerprint density at radius 2 is 1.93 bits per heavy atom. The minimum absolute atomic E-state index is 0.0780. The molecule has 0 unspecified atom stereocenters. The number of hydrogen-bond acceptors (Lipinski definition) is 4. The summed E-state index contributed by atoms with van der Waals surface area (Å²) in [6.07, 6.45) is 0. The number of amides is 1. The predicted octanol–water partition coefficient (Wildman–Crippen LogP) is 4.47. The molecule has 2 aromatic heterocycles. The highest BCUT2D eigenvalue weighted by molar-refractivity contribution is 7.22. The first-order chi connectivity index (χ1) is 12.6. The molecule has 3 rings (SSSR count). The average molecular weight is 392 g/mol. The maximum Gasteiger partial charge on any atom is 0.234 e. The summed E-state index contributed by atoms with van der Waals surface area (Å²) in [6, 6.07) is 4.00. The fraction of sp³-hybridized carbons (Fsp3) is 0.421. The molecule has 0 fully saturated rings. The van der Waals surface area contributed by atoms with Crippen LogP contribution in [0.1, 0.15) is 32.2 Å². The number of benzene rings is 1. The number of thiazole rings is 1. The van der Waals surface area contributed by atoms with Crippen molar-refractivity contribution in [3.8, 4) is 0 Å². The Kier molecular flexibility index (Phi) is 5.03. The van der Waals surface area contributed by atoms with Gasteiger partial charge in [-0.2, -0.15) is 5.10 Å². The Bertz CT molecular complexity index is 1000. The van der Waals surface area contributed by atoms with E-state index in [4.69, 9.17) is 0 Å². The number of rotatable bonds is 4. The number of halogens is 2. The van der Waals surface area contributed by atoms with Crippen molar-refractivity contribution in [3.63, 3.8) is 0 Å². The minimum Gasteiger partial charge on any atom is -0.286 e. The molecule has 0 saturated heterocycles. The van der Waals surface area contributed by atoms with Crippen LogP contribution in [0.2, 0.25) is 0 Å². The number of hydrogen-bond donors (Lipinski definition) is 0. The number of aryl methyl sites for hydroxylation is 2. The van der Waals surface area contributed by atoms with E-state index in [-0.39, 0.29) is 11.4 Å². The summed E-state index contributed by atoms with van der Waals surface area (Å²) in [5, 5.41) is 4.78. The molecule has 3 aromatic rings. The number of carbonyl (C=O) groups excluding carboxylic acids is 1. The fourth-order valence-corrected chi connectivity index (χ4v) is 3.88. The first-order valence-corrected chi connectivity index (χ1v) is 9.46. The molecule has 0 aliphatic heterocycles. The SMILES string of the molecule is Cc1cc(C)n(CCN(C(=O)C(C)(C)C)c2nc3c(F)cc(F)cc3s2)n1. The molecule has 0 spiro atoms. The molecule has 1 aromatic carbocycles. The Balaban J connectivity index is 1.98. The van der Waals surface area contributed by atoms with Crippen LogP contribution in [0.15, 0.2) is 18.2 Å². The van der Waals surface area contributed by atoms with E-state index >= 15 is 0 Å². The van der Waals surface area contributed by atoms with E-state index < -0.39 is 17.0 Å². The molecule has 0 bridgehead atoms. The van der Waals surface area contributed by atoms with Gasteiger partial charge in [-0.05, 0) is 26.0 Å². The van der Waals surface area contributed by atoms with Crippen LogP contribution in [0.5, 0.6) is 0 Å². The maximum absolute atomic E-state index is 14.1. The summed E-state index contributed by atoms with van der Waals surface area (Å²) >= 11 is 1.11. The van der Waals surface area contributed by atoms with Crippen molar-refractivity contribution in [2.24, 2.45) is 5.41 Å². The van der Waals surface area contributed by atoms with E-state index in [1.54, 1.807) is 4.90 Å². The van der Waals surface area contributed by atoms with Gasteiger partial charge < -0.3 is 0 Å². The van der Waals surface area contributed by atoms with Gasteiger partial charge in [-0.25, -0.2) is 13.8 Å². The highest BCUT2D eigenvalue weighted by Crippen LogP contribution is 2.33. The minimum atomic E-state index is -0.728. The lowest BCUT2D eigenvalue weighted by atomic mass is 9.95. The summed E-state index contributed by atoms with van der Waals surface area (Å²) in [6.45, 7) is 10.1. The molecule has 0 saturated carbocycles. The Morgan fingerprint density at radius 1 is 1.22 bits per heavy atom. The van der Waals surface area contributed by atoms with Gasteiger partial charge in [0.05, 0.1) is 16.9 Å². The van der Waals surface area contributed by atoms with Gasteiger partial charge >= 0.3 is 0 Å². The lowest BCUT2D eigenvalue weighted by Gasteiger charge is -2.27. The summed E-state index contributed by atoms with van der Waals surface area (Å²) < 4.78 is 29.8. The lowest BCUT2D eigenvalue weighted by Crippen LogP contribution is -2.41. The van der Waals surface area contributed by atoms with Gasteiger partial charge in [0.2, 0.25) is 5.91 Å². The third-order valence-electron chi connectivity index (χ3n) is 4.16.